The normalized spacial score (nSPS) is 23.8. The second-order valence-corrected chi connectivity index (χ2v) is 9.11. The third kappa shape index (κ3) is 6.47. The number of nitrogens with one attached hydrogen (secondary N) is 1. The number of likely N-dealkylation sites (tertiary alicyclic amines) is 1. The molecule has 0 aliphatic carbocycles. The molecule has 30 heavy (non-hydrogen) atoms. The van der Waals surface area contributed by atoms with Crippen molar-refractivity contribution in [2.24, 2.45) is 5.92 Å². The molecule has 2 nitrogen and oxygen atoms in total. The van der Waals surface area contributed by atoms with Gasteiger partial charge in [-0.2, -0.15) is 0 Å². The van der Waals surface area contributed by atoms with Crippen molar-refractivity contribution in [3.8, 4) is 0 Å². The van der Waals surface area contributed by atoms with Gasteiger partial charge in [-0.15, -0.1) is 24.8 Å². The average Bonchev–Trinajstić information content (AvgIpc) is 2.75. The first-order chi connectivity index (χ1) is 13.7. The van der Waals surface area contributed by atoms with E-state index >= 15 is 0 Å². The Hall–Kier alpha value is -1.06. The van der Waals surface area contributed by atoms with Crippen LogP contribution in [0.1, 0.15) is 55.2 Å². The summed E-state index contributed by atoms with van der Waals surface area (Å²) in [6.07, 6.45) is 6.47. The SMILES string of the molecule is Cc1cccc(C2CCNC(C(C)N3CCC(Cc4ccccc4)CC3)C2)c1.Cl.Cl. The molecule has 2 heterocycles. The summed E-state index contributed by atoms with van der Waals surface area (Å²) in [5, 5.41) is 3.84. The van der Waals surface area contributed by atoms with Crippen LogP contribution in [0.3, 0.4) is 0 Å². The second kappa shape index (κ2) is 12.1. The lowest BCUT2D eigenvalue weighted by Crippen LogP contribution is -2.53. The number of nitrogens with zero attached hydrogens (tertiary/aromatic N) is 1. The highest BCUT2D eigenvalue weighted by molar-refractivity contribution is 5.85. The Kier molecular flexibility index (Phi) is 10.2. The molecular formula is C26H38Cl2N2. The zero-order chi connectivity index (χ0) is 19.3. The minimum atomic E-state index is 0. The van der Waals surface area contributed by atoms with Gasteiger partial charge < -0.3 is 5.32 Å². The van der Waals surface area contributed by atoms with E-state index in [2.05, 4.69) is 78.7 Å². The molecule has 2 fully saturated rings. The highest BCUT2D eigenvalue weighted by atomic mass is 35.5. The van der Waals surface area contributed by atoms with Gasteiger partial charge in [-0.1, -0.05) is 60.2 Å². The molecule has 2 aromatic carbocycles. The molecule has 2 aliphatic heterocycles. The Morgan fingerprint density at radius 3 is 2.40 bits per heavy atom. The van der Waals surface area contributed by atoms with Crippen molar-refractivity contribution in [3.63, 3.8) is 0 Å². The van der Waals surface area contributed by atoms with E-state index in [0.717, 1.165) is 12.5 Å². The van der Waals surface area contributed by atoms with Gasteiger partial charge in [0.25, 0.3) is 0 Å². The molecule has 3 atom stereocenters. The molecule has 0 amide bonds. The first kappa shape index (κ1) is 25.2. The van der Waals surface area contributed by atoms with Crippen molar-refractivity contribution in [1.29, 1.82) is 0 Å². The van der Waals surface area contributed by atoms with Crippen LogP contribution in [0.2, 0.25) is 0 Å². The van der Waals surface area contributed by atoms with Crippen molar-refractivity contribution in [2.75, 3.05) is 19.6 Å². The Labute approximate surface area is 195 Å². The molecule has 1 N–H and O–H groups in total. The van der Waals surface area contributed by atoms with E-state index in [-0.39, 0.29) is 24.8 Å². The van der Waals surface area contributed by atoms with Crippen LogP contribution in [0.4, 0.5) is 0 Å². The molecule has 0 radical (unpaired) electrons. The van der Waals surface area contributed by atoms with Crippen LogP contribution in [0.25, 0.3) is 0 Å². The molecule has 0 saturated carbocycles. The van der Waals surface area contributed by atoms with Gasteiger partial charge in [0.1, 0.15) is 0 Å². The van der Waals surface area contributed by atoms with E-state index in [9.17, 15) is 0 Å². The lowest BCUT2D eigenvalue weighted by molar-refractivity contribution is 0.104. The van der Waals surface area contributed by atoms with Gasteiger partial charge in [0.15, 0.2) is 0 Å². The van der Waals surface area contributed by atoms with Crippen molar-refractivity contribution in [3.05, 3.63) is 71.3 Å². The Balaban J connectivity index is 0.00000160. The van der Waals surface area contributed by atoms with Crippen LogP contribution >= 0.6 is 24.8 Å². The fraction of sp³-hybridized carbons (Fsp3) is 0.538. The van der Waals surface area contributed by atoms with Gasteiger partial charge in [-0.25, -0.2) is 0 Å². The Bertz CT molecular complexity index is 744. The molecule has 0 bridgehead atoms. The number of rotatable bonds is 5. The number of benzene rings is 2. The lowest BCUT2D eigenvalue weighted by Gasteiger charge is -2.42. The molecule has 4 rings (SSSR count). The van der Waals surface area contributed by atoms with E-state index in [1.165, 1.54) is 56.3 Å². The predicted octanol–water partition coefficient (Wildman–Crippen LogP) is 6.02. The van der Waals surface area contributed by atoms with Gasteiger partial charge in [-0.3, -0.25) is 4.90 Å². The number of halogens is 2. The third-order valence-corrected chi connectivity index (χ3v) is 7.13. The van der Waals surface area contributed by atoms with Crippen LogP contribution < -0.4 is 5.32 Å². The highest BCUT2D eigenvalue weighted by Gasteiger charge is 2.31. The van der Waals surface area contributed by atoms with E-state index in [4.69, 9.17) is 0 Å². The zero-order valence-electron chi connectivity index (χ0n) is 18.4. The molecule has 2 aromatic rings. The maximum Gasteiger partial charge on any atom is 0.0226 e. The minimum Gasteiger partial charge on any atom is -0.312 e. The summed E-state index contributed by atoms with van der Waals surface area (Å²) in [6, 6.07) is 21.4. The van der Waals surface area contributed by atoms with Crippen LogP contribution in [0.15, 0.2) is 54.6 Å². The Morgan fingerprint density at radius 2 is 1.70 bits per heavy atom. The number of hydrogen-bond donors (Lipinski definition) is 1. The third-order valence-electron chi connectivity index (χ3n) is 7.13. The van der Waals surface area contributed by atoms with Crippen molar-refractivity contribution >= 4 is 24.8 Å². The van der Waals surface area contributed by atoms with Crippen molar-refractivity contribution in [1.82, 2.24) is 10.2 Å². The fourth-order valence-electron chi connectivity index (χ4n) is 5.31. The number of piperidine rings is 2. The van der Waals surface area contributed by atoms with Gasteiger partial charge in [0.05, 0.1) is 0 Å². The fourth-order valence-corrected chi connectivity index (χ4v) is 5.31. The smallest absolute Gasteiger partial charge is 0.0226 e. The number of hydrogen-bond acceptors (Lipinski definition) is 2. The van der Waals surface area contributed by atoms with Crippen LogP contribution in [-0.4, -0.2) is 36.6 Å². The summed E-state index contributed by atoms with van der Waals surface area (Å²) >= 11 is 0. The second-order valence-electron chi connectivity index (χ2n) is 9.11. The average molecular weight is 450 g/mol. The summed E-state index contributed by atoms with van der Waals surface area (Å²) in [4.78, 5) is 2.75. The molecule has 3 unspecified atom stereocenters. The van der Waals surface area contributed by atoms with E-state index in [1.54, 1.807) is 5.56 Å². The first-order valence-corrected chi connectivity index (χ1v) is 11.3. The monoisotopic (exact) mass is 448 g/mol. The van der Waals surface area contributed by atoms with Crippen LogP contribution in [0, 0.1) is 12.8 Å². The maximum absolute atomic E-state index is 3.84. The van der Waals surface area contributed by atoms with Crippen molar-refractivity contribution < 1.29 is 0 Å². The largest absolute Gasteiger partial charge is 0.312 e. The van der Waals surface area contributed by atoms with E-state index < -0.39 is 0 Å². The summed E-state index contributed by atoms with van der Waals surface area (Å²) in [6.45, 7) is 8.33. The summed E-state index contributed by atoms with van der Waals surface area (Å²) in [5.41, 5.74) is 4.44. The van der Waals surface area contributed by atoms with Gasteiger partial charge >= 0.3 is 0 Å². The molecule has 2 saturated heterocycles. The molecule has 0 spiro atoms. The van der Waals surface area contributed by atoms with E-state index in [0.29, 0.717) is 18.0 Å². The molecule has 2 aliphatic rings. The first-order valence-electron chi connectivity index (χ1n) is 11.3. The molecule has 0 aromatic heterocycles. The minimum absolute atomic E-state index is 0. The molecule has 4 heteroatoms. The summed E-state index contributed by atoms with van der Waals surface area (Å²) in [7, 11) is 0. The van der Waals surface area contributed by atoms with E-state index in [1.807, 2.05) is 0 Å². The summed E-state index contributed by atoms with van der Waals surface area (Å²) < 4.78 is 0. The predicted molar refractivity (Wildman–Crippen MR) is 133 cm³/mol. The summed E-state index contributed by atoms with van der Waals surface area (Å²) in [5.74, 6) is 1.56. The van der Waals surface area contributed by atoms with Crippen molar-refractivity contribution in [2.45, 2.75) is 64.0 Å². The standard InChI is InChI=1S/C26H36N2.2ClH/c1-20-7-6-10-24(17-20)25-11-14-27-26(19-25)21(2)28-15-12-23(13-16-28)18-22-8-4-3-5-9-22;;/h3-10,17,21,23,25-27H,11-16,18-19H2,1-2H3;2*1H. The van der Waals surface area contributed by atoms with Gasteiger partial charge in [0.2, 0.25) is 0 Å². The van der Waals surface area contributed by atoms with Crippen LogP contribution in [0.5, 0.6) is 0 Å². The maximum atomic E-state index is 3.84. The molecular weight excluding hydrogens is 411 g/mol. The van der Waals surface area contributed by atoms with Gasteiger partial charge in [-0.05, 0) is 88.5 Å². The topological polar surface area (TPSA) is 15.3 Å². The molecule has 166 valence electrons. The quantitative estimate of drug-likeness (QED) is 0.601. The zero-order valence-corrected chi connectivity index (χ0v) is 20.1. The van der Waals surface area contributed by atoms with Crippen LogP contribution in [-0.2, 0) is 6.42 Å². The Morgan fingerprint density at radius 1 is 0.967 bits per heavy atom. The van der Waals surface area contributed by atoms with Gasteiger partial charge in [0, 0.05) is 12.1 Å². The highest BCUT2D eigenvalue weighted by Crippen LogP contribution is 2.31. The lowest BCUT2D eigenvalue weighted by atomic mass is 9.82. The number of aryl methyl sites for hydroxylation is 1.